The van der Waals surface area contributed by atoms with Crippen molar-refractivity contribution in [1.82, 2.24) is 10.6 Å². The standard InChI is InChI=1S/C11H20N2O2/c1-10(2,3)15-9(14)13-11(4-5-11)8-6-12-7-8/h8,12H,4-7H2,1-3H3,(H,13,14). The van der Waals surface area contributed by atoms with Crippen LogP contribution in [-0.4, -0.2) is 30.3 Å². The molecule has 0 bridgehead atoms. The van der Waals surface area contributed by atoms with E-state index in [1.165, 1.54) is 0 Å². The predicted octanol–water partition coefficient (Wildman–Crippen LogP) is 1.26. The Bertz CT molecular complexity index is 262. The molecule has 0 spiro atoms. The molecule has 1 aliphatic carbocycles. The lowest BCUT2D eigenvalue weighted by Crippen LogP contribution is -2.56. The SMILES string of the molecule is CC(C)(C)OC(=O)NC1(C2CNC2)CC1. The highest BCUT2D eigenvalue weighted by atomic mass is 16.6. The minimum Gasteiger partial charge on any atom is -0.444 e. The van der Waals surface area contributed by atoms with Crippen LogP contribution in [0.25, 0.3) is 0 Å². The molecule has 0 aromatic heterocycles. The fourth-order valence-corrected chi connectivity index (χ4v) is 1.96. The fraction of sp³-hybridized carbons (Fsp3) is 0.909. The third-order valence-electron chi connectivity index (χ3n) is 3.10. The van der Waals surface area contributed by atoms with Crippen molar-refractivity contribution in [2.24, 2.45) is 5.92 Å². The first-order valence-electron chi connectivity index (χ1n) is 5.63. The number of rotatable bonds is 2. The van der Waals surface area contributed by atoms with Gasteiger partial charge < -0.3 is 15.4 Å². The van der Waals surface area contributed by atoms with E-state index in [-0.39, 0.29) is 11.6 Å². The van der Waals surface area contributed by atoms with Crippen molar-refractivity contribution < 1.29 is 9.53 Å². The second-order valence-electron chi connectivity index (χ2n) is 5.64. The maximum Gasteiger partial charge on any atom is 0.408 e. The third-order valence-corrected chi connectivity index (χ3v) is 3.10. The van der Waals surface area contributed by atoms with Gasteiger partial charge in [-0.2, -0.15) is 0 Å². The first-order valence-corrected chi connectivity index (χ1v) is 5.63. The summed E-state index contributed by atoms with van der Waals surface area (Å²) in [6.07, 6.45) is 1.92. The van der Waals surface area contributed by atoms with E-state index < -0.39 is 5.60 Å². The molecule has 2 N–H and O–H groups in total. The summed E-state index contributed by atoms with van der Waals surface area (Å²) in [6, 6.07) is 0. The Labute approximate surface area is 90.8 Å². The van der Waals surface area contributed by atoms with Crippen molar-refractivity contribution in [2.45, 2.75) is 44.8 Å². The van der Waals surface area contributed by atoms with Gasteiger partial charge in [-0.15, -0.1) is 0 Å². The van der Waals surface area contributed by atoms with Crippen molar-refractivity contribution in [1.29, 1.82) is 0 Å². The van der Waals surface area contributed by atoms with Crippen LogP contribution in [0.4, 0.5) is 4.79 Å². The summed E-state index contributed by atoms with van der Waals surface area (Å²) in [5, 5.41) is 6.26. The highest BCUT2D eigenvalue weighted by Gasteiger charge is 2.52. The van der Waals surface area contributed by atoms with Crippen LogP contribution < -0.4 is 10.6 Å². The van der Waals surface area contributed by atoms with Crippen molar-refractivity contribution in [3.05, 3.63) is 0 Å². The van der Waals surface area contributed by atoms with E-state index in [4.69, 9.17) is 4.74 Å². The van der Waals surface area contributed by atoms with Crippen molar-refractivity contribution >= 4 is 6.09 Å². The molecule has 1 saturated carbocycles. The highest BCUT2D eigenvalue weighted by Crippen LogP contribution is 2.44. The van der Waals surface area contributed by atoms with Gasteiger partial charge in [-0.1, -0.05) is 0 Å². The van der Waals surface area contributed by atoms with Crippen molar-refractivity contribution in [3.8, 4) is 0 Å². The van der Waals surface area contributed by atoms with Crippen LogP contribution in [-0.2, 0) is 4.74 Å². The topological polar surface area (TPSA) is 50.4 Å². The molecule has 2 fully saturated rings. The second kappa shape index (κ2) is 3.37. The molecule has 86 valence electrons. The van der Waals surface area contributed by atoms with Gasteiger partial charge in [0.1, 0.15) is 5.60 Å². The van der Waals surface area contributed by atoms with Crippen LogP contribution in [0.15, 0.2) is 0 Å². The van der Waals surface area contributed by atoms with E-state index >= 15 is 0 Å². The molecule has 1 aliphatic heterocycles. The van der Waals surface area contributed by atoms with Crippen molar-refractivity contribution in [2.75, 3.05) is 13.1 Å². The summed E-state index contributed by atoms with van der Waals surface area (Å²) in [5.41, 5.74) is -0.356. The zero-order valence-corrected chi connectivity index (χ0v) is 9.72. The fourth-order valence-electron chi connectivity index (χ4n) is 1.96. The summed E-state index contributed by atoms with van der Waals surface area (Å²) in [5.74, 6) is 0.602. The Hall–Kier alpha value is -0.770. The van der Waals surface area contributed by atoms with E-state index in [1.54, 1.807) is 0 Å². The van der Waals surface area contributed by atoms with Gasteiger partial charge in [0.2, 0.25) is 0 Å². The lowest BCUT2D eigenvalue weighted by Gasteiger charge is -2.36. The quantitative estimate of drug-likeness (QED) is 0.724. The van der Waals surface area contributed by atoms with E-state index in [0.717, 1.165) is 25.9 Å². The predicted molar refractivity (Wildman–Crippen MR) is 57.7 cm³/mol. The molecule has 1 heterocycles. The lowest BCUT2D eigenvalue weighted by molar-refractivity contribution is 0.0459. The number of ether oxygens (including phenoxy) is 1. The zero-order valence-electron chi connectivity index (χ0n) is 9.72. The molecule has 0 atom stereocenters. The largest absolute Gasteiger partial charge is 0.444 e. The second-order valence-corrected chi connectivity index (χ2v) is 5.64. The molecule has 2 aliphatic rings. The number of alkyl carbamates (subject to hydrolysis) is 1. The van der Waals surface area contributed by atoms with Crippen LogP contribution in [0.5, 0.6) is 0 Å². The van der Waals surface area contributed by atoms with Crippen molar-refractivity contribution in [3.63, 3.8) is 0 Å². The average Bonchev–Trinajstić information content (AvgIpc) is 2.58. The van der Waals surface area contributed by atoms with Crippen LogP contribution in [0, 0.1) is 5.92 Å². The number of hydrogen-bond donors (Lipinski definition) is 2. The zero-order chi connectivity index (χ0) is 11.1. The van der Waals surface area contributed by atoms with Gasteiger partial charge in [0, 0.05) is 24.5 Å². The first kappa shape index (κ1) is 10.7. The molecular formula is C11H20N2O2. The number of hydrogen-bond acceptors (Lipinski definition) is 3. The molecule has 4 heteroatoms. The van der Waals surface area contributed by atoms with Gasteiger partial charge in [0.05, 0.1) is 0 Å². The Kier molecular flexibility index (Phi) is 2.41. The summed E-state index contributed by atoms with van der Waals surface area (Å²) >= 11 is 0. The molecule has 4 nitrogen and oxygen atoms in total. The van der Waals surface area contributed by atoms with Crippen LogP contribution in [0.3, 0.4) is 0 Å². The monoisotopic (exact) mass is 212 g/mol. The highest BCUT2D eigenvalue weighted by molar-refractivity contribution is 5.69. The van der Waals surface area contributed by atoms with Gasteiger partial charge in [0.15, 0.2) is 0 Å². The minimum absolute atomic E-state index is 0.0492. The Balaban J connectivity index is 1.83. The first-order chi connectivity index (χ1) is 6.91. The molecule has 1 saturated heterocycles. The molecule has 0 unspecified atom stereocenters. The van der Waals surface area contributed by atoms with Gasteiger partial charge in [-0.05, 0) is 33.6 Å². The maximum atomic E-state index is 11.6. The van der Waals surface area contributed by atoms with Gasteiger partial charge in [0.25, 0.3) is 0 Å². The van der Waals surface area contributed by atoms with Crippen LogP contribution in [0.1, 0.15) is 33.6 Å². The number of carbonyl (C=O) groups excluding carboxylic acids is 1. The Morgan fingerprint density at radius 3 is 2.33 bits per heavy atom. The Morgan fingerprint density at radius 1 is 1.40 bits per heavy atom. The smallest absolute Gasteiger partial charge is 0.408 e. The summed E-state index contributed by atoms with van der Waals surface area (Å²) in [6.45, 7) is 7.71. The third kappa shape index (κ3) is 2.43. The van der Waals surface area contributed by atoms with Crippen LogP contribution >= 0.6 is 0 Å². The molecule has 1 amide bonds. The summed E-state index contributed by atoms with van der Waals surface area (Å²) in [4.78, 5) is 11.6. The Morgan fingerprint density at radius 2 is 2.00 bits per heavy atom. The molecule has 15 heavy (non-hydrogen) atoms. The van der Waals surface area contributed by atoms with Gasteiger partial charge >= 0.3 is 6.09 Å². The molecular weight excluding hydrogens is 192 g/mol. The van der Waals surface area contributed by atoms with E-state index in [0.29, 0.717) is 5.92 Å². The van der Waals surface area contributed by atoms with E-state index in [2.05, 4.69) is 10.6 Å². The lowest BCUT2D eigenvalue weighted by atomic mass is 9.91. The molecule has 0 aromatic rings. The van der Waals surface area contributed by atoms with E-state index in [1.807, 2.05) is 20.8 Å². The molecule has 0 radical (unpaired) electrons. The minimum atomic E-state index is -0.405. The van der Waals surface area contributed by atoms with Gasteiger partial charge in [-0.25, -0.2) is 4.79 Å². The normalized spacial score (nSPS) is 24.2. The van der Waals surface area contributed by atoms with E-state index in [9.17, 15) is 4.79 Å². The molecule has 0 aromatic carbocycles. The van der Waals surface area contributed by atoms with Crippen LogP contribution in [0.2, 0.25) is 0 Å². The van der Waals surface area contributed by atoms with Gasteiger partial charge in [-0.3, -0.25) is 0 Å². The summed E-state index contributed by atoms with van der Waals surface area (Å²) in [7, 11) is 0. The molecule has 2 rings (SSSR count). The maximum absolute atomic E-state index is 11.6. The summed E-state index contributed by atoms with van der Waals surface area (Å²) < 4.78 is 5.26. The average molecular weight is 212 g/mol. The number of amides is 1. The number of nitrogens with one attached hydrogen (secondary N) is 2. The number of carbonyl (C=O) groups is 1.